The van der Waals surface area contributed by atoms with Crippen molar-refractivity contribution in [3.05, 3.63) is 47.1 Å². The molecule has 1 aromatic heterocycles. The Balaban J connectivity index is 1.45. The van der Waals surface area contributed by atoms with Gasteiger partial charge < -0.3 is 20.0 Å². The summed E-state index contributed by atoms with van der Waals surface area (Å²) in [7, 11) is 0. The van der Waals surface area contributed by atoms with Crippen molar-refractivity contribution in [2.75, 3.05) is 36.0 Å². The highest BCUT2D eigenvalue weighted by Gasteiger charge is 2.35. The smallest absolute Gasteiger partial charge is 0.227 e. The van der Waals surface area contributed by atoms with E-state index < -0.39 is 5.60 Å². The number of hydrogen-bond donors (Lipinski definition) is 2. The van der Waals surface area contributed by atoms with Gasteiger partial charge in [0.05, 0.1) is 11.7 Å². The standard InChI is InChI=1S/C19H23ClN4O2/c20-15-3-1-14(2-4-15)19(26)7-11-23(12-8-19)18-21-9-5-17(22-18)24-10-6-16(25)13-24/h1-5,9,16,25-26H,6-8,10-13H2/t16-/m0/s1. The van der Waals surface area contributed by atoms with Gasteiger partial charge in [-0.3, -0.25) is 0 Å². The summed E-state index contributed by atoms with van der Waals surface area (Å²) in [6.45, 7) is 2.80. The van der Waals surface area contributed by atoms with Gasteiger partial charge in [0.25, 0.3) is 0 Å². The molecule has 0 unspecified atom stereocenters. The second-order valence-electron chi connectivity index (χ2n) is 7.13. The number of β-amino-alcohol motifs (C(OH)–C–C–N with tert-alkyl or cyclic N) is 1. The minimum Gasteiger partial charge on any atom is -0.391 e. The summed E-state index contributed by atoms with van der Waals surface area (Å²) >= 11 is 5.95. The number of piperidine rings is 1. The first-order valence-electron chi connectivity index (χ1n) is 9.03. The van der Waals surface area contributed by atoms with Crippen LogP contribution >= 0.6 is 11.6 Å². The Hall–Kier alpha value is -1.89. The van der Waals surface area contributed by atoms with Gasteiger partial charge >= 0.3 is 0 Å². The van der Waals surface area contributed by atoms with Gasteiger partial charge in [0.15, 0.2) is 0 Å². The van der Waals surface area contributed by atoms with E-state index in [0.717, 1.165) is 24.3 Å². The van der Waals surface area contributed by atoms with Crippen molar-refractivity contribution in [1.82, 2.24) is 9.97 Å². The molecule has 1 aromatic carbocycles. The van der Waals surface area contributed by atoms with Gasteiger partial charge in [-0.1, -0.05) is 23.7 Å². The lowest BCUT2D eigenvalue weighted by atomic mass is 9.84. The Bertz CT molecular complexity index is 762. The summed E-state index contributed by atoms with van der Waals surface area (Å²) in [5.74, 6) is 1.53. The van der Waals surface area contributed by atoms with E-state index in [9.17, 15) is 10.2 Å². The molecule has 2 fully saturated rings. The lowest BCUT2D eigenvalue weighted by molar-refractivity contribution is 0.0115. The lowest BCUT2D eigenvalue weighted by Gasteiger charge is -2.38. The number of halogens is 1. The first-order chi connectivity index (χ1) is 12.5. The van der Waals surface area contributed by atoms with E-state index in [4.69, 9.17) is 11.6 Å². The molecular weight excluding hydrogens is 352 g/mol. The molecule has 0 bridgehead atoms. The van der Waals surface area contributed by atoms with Crippen molar-refractivity contribution in [3.63, 3.8) is 0 Å². The van der Waals surface area contributed by atoms with E-state index in [1.165, 1.54) is 0 Å². The lowest BCUT2D eigenvalue weighted by Crippen LogP contribution is -2.43. The SMILES string of the molecule is O[C@H]1CCN(c2ccnc(N3CCC(O)(c4ccc(Cl)cc4)CC3)n2)C1. The van der Waals surface area contributed by atoms with Crippen LogP contribution in [0, 0.1) is 0 Å². The maximum Gasteiger partial charge on any atom is 0.227 e. The van der Waals surface area contributed by atoms with Crippen molar-refractivity contribution in [2.24, 2.45) is 0 Å². The van der Waals surface area contributed by atoms with Crippen molar-refractivity contribution >= 4 is 23.4 Å². The van der Waals surface area contributed by atoms with Gasteiger partial charge in [0, 0.05) is 37.4 Å². The molecule has 2 aliphatic rings. The molecule has 0 amide bonds. The highest BCUT2D eigenvalue weighted by atomic mass is 35.5. The zero-order chi connectivity index (χ0) is 18.1. The monoisotopic (exact) mass is 374 g/mol. The summed E-state index contributed by atoms with van der Waals surface area (Å²) in [5, 5.41) is 21.4. The van der Waals surface area contributed by atoms with Crippen molar-refractivity contribution in [2.45, 2.75) is 31.0 Å². The maximum atomic E-state index is 11.0. The number of hydrogen-bond acceptors (Lipinski definition) is 6. The molecule has 6 nitrogen and oxygen atoms in total. The van der Waals surface area contributed by atoms with E-state index in [0.29, 0.717) is 43.4 Å². The number of aliphatic hydroxyl groups excluding tert-OH is 1. The fraction of sp³-hybridized carbons (Fsp3) is 0.474. The fourth-order valence-electron chi connectivity index (χ4n) is 3.74. The highest BCUT2D eigenvalue weighted by Crippen LogP contribution is 2.34. The second kappa shape index (κ2) is 7.02. The molecule has 2 aromatic rings. The Labute approximate surface area is 158 Å². The molecule has 2 saturated heterocycles. The molecule has 2 N–H and O–H groups in total. The molecule has 0 aliphatic carbocycles. The third-order valence-corrected chi connectivity index (χ3v) is 5.62. The van der Waals surface area contributed by atoms with E-state index in [-0.39, 0.29) is 6.10 Å². The molecule has 0 saturated carbocycles. The number of rotatable bonds is 3. The van der Waals surface area contributed by atoms with E-state index >= 15 is 0 Å². The van der Waals surface area contributed by atoms with Crippen molar-refractivity contribution in [1.29, 1.82) is 0 Å². The molecule has 138 valence electrons. The molecule has 3 heterocycles. The number of benzene rings is 1. The Morgan fingerprint density at radius 3 is 2.42 bits per heavy atom. The molecule has 0 radical (unpaired) electrons. The summed E-state index contributed by atoms with van der Waals surface area (Å²) in [5.41, 5.74) is 0.0693. The topological polar surface area (TPSA) is 72.7 Å². The van der Waals surface area contributed by atoms with Crippen LogP contribution in [0.25, 0.3) is 0 Å². The summed E-state index contributed by atoms with van der Waals surface area (Å²) in [4.78, 5) is 13.3. The molecule has 2 aliphatic heterocycles. The van der Waals surface area contributed by atoms with Gasteiger partial charge in [0.1, 0.15) is 5.82 Å². The quantitative estimate of drug-likeness (QED) is 0.858. The van der Waals surface area contributed by atoms with Crippen LogP contribution in [0.15, 0.2) is 36.5 Å². The summed E-state index contributed by atoms with van der Waals surface area (Å²) in [6.07, 6.45) is 3.49. The zero-order valence-corrected chi connectivity index (χ0v) is 15.3. The minimum atomic E-state index is -0.836. The number of aromatic nitrogens is 2. The third-order valence-electron chi connectivity index (χ3n) is 5.37. The van der Waals surface area contributed by atoms with Gasteiger partial charge in [-0.2, -0.15) is 4.98 Å². The van der Waals surface area contributed by atoms with Crippen LogP contribution in [0.2, 0.25) is 5.02 Å². The average Bonchev–Trinajstić information content (AvgIpc) is 3.09. The molecule has 26 heavy (non-hydrogen) atoms. The normalized spacial score (nSPS) is 22.7. The van der Waals surface area contributed by atoms with Crippen LogP contribution in [0.4, 0.5) is 11.8 Å². The molecule has 7 heteroatoms. The first-order valence-corrected chi connectivity index (χ1v) is 9.41. The Kier molecular flexibility index (Phi) is 4.73. The zero-order valence-electron chi connectivity index (χ0n) is 14.6. The van der Waals surface area contributed by atoms with Gasteiger partial charge in [-0.05, 0) is 43.0 Å². The Morgan fingerprint density at radius 1 is 1.04 bits per heavy atom. The van der Waals surface area contributed by atoms with Crippen molar-refractivity contribution in [3.8, 4) is 0 Å². The third kappa shape index (κ3) is 3.49. The number of aliphatic hydroxyl groups is 2. The molecular formula is C19H23ClN4O2. The first kappa shape index (κ1) is 17.5. The van der Waals surface area contributed by atoms with Gasteiger partial charge in [-0.25, -0.2) is 4.98 Å². The van der Waals surface area contributed by atoms with E-state index in [2.05, 4.69) is 19.8 Å². The predicted molar refractivity (Wildman–Crippen MR) is 102 cm³/mol. The second-order valence-corrected chi connectivity index (χ2v) is 7.57. The fourth-order valence-corrected chi connectivity index (χ4v) is 3.87. The van der Waals surface area contributed by atoms with Crippen LogP contribution in [0.1, 0.15) is 24.8 Å². The van der Waals surface area contributed by atoms with Gasteiger partial charge in [-0.15, -0.1) is 0 Å². The van der Waals surface area contributed by atoms with Crippen LogP contribution < -0.4 is 9.80 Å². The average molecular weight is 375 g/mol. The van der Waals surface area contributed by atoms with Crippen molar-refractivity contribution < 1.29 is 10.2 Å². The summed E-state index contributed by atoms with van der Waals surface area (Å²) in [6, 6.07) is 9.31. The van der Waals surface area contributed by atoms with Crippen LogP contribution in [-0.2, 0) is 5.60 Å². The number of nitrogens with zero attached hydrogens (tertiary/aromatic N) is 4. The van der Waals surface area contributed by atoms with E-state index in [1.807, 2.05) is 30.3 Å². The largest absolute Gasteiger partial charge is 0.391 e. The molecule has 4 rings (SSSR count). The number of anilines is 2. The molecule has 0 spiro atoms. The van der Waals surface area contributed by atoms with E-state index in [1.54, 1.807) is 6.20 Å². The van der Waals surface area contributed by atoms with Crippen LogP contribution in [0.3, 0.4) is 0 Å². The molecule has 1 atom stereocenters. The Morgan fingerprint density at radius 2 is 1.77 bits per heavy atom. The van der Waals surface area contributed by atoms with Crippen LogP contribution in [-0.4, -0.2) is 52.5 Å². The van der Waals surface area contributed by atoms with Gasteiger partial charge in [0.2, 0.25) is 5.95 Å². The highest BCUT2D eigenvalue weighted by molar-refractivity contribution is 6.30. The predicted octanol–water partition coefficient (Wildman–Crippen LogP) is 2.19. The summed E-state index contributed by atoms with van der Waals surface area (Å²) < 4.78 is 0. The van der Waals surface area contributed by atoms with Crippen LogP contribution in [0.5, 0.6) is 0 Å². The maximum absolute atomic E-state index is 11.0. The minimum absolute atomic E-state index is 0.280.